The van der Waals surface area contributed by atoms with Gasteiger partial charge in [0.15, 0.2) is 5.78 Å². The van der Waals surface area contributed by atoms with Gasteiger partial charge in [-0.05, 0) is 138 Å². The highest BCUT2D eigenvalue weighted by atomic mass is 16.5. The number of fused-ring (bicyclic) bond motifs is 5. The Hall–Kier alpha value is -2.13. The first-order chi connectivity index (χ1) is 29.9. The van der Waals surface area contributed by atoms with E-state index in [1.807, 2.05) is 32.3 Å². The van der Waals surface area contributed by atoms with Gasteiger partial charge in [-0.15, -0.1) is 0 Å². The normalized spacial score (nSPS) is 49.4. The molecule has 5 saturated carbocycles. The van der Waals surface area contributed by atoms with Crippen LogP contribution in [-0.2, 0) is 9.53 Å². The number of ketones is 1. The first kappa shape index (κ1) is 46.0. The van der Waals surface area contributed by atoms with Crippen LogP contribution in [0.25, 0.3) is 0 Å². The molecule has 2 aliphatic heterocycles. The number of allylic oxidation sites excluding steroid dienone is 4. The average Bonchev–Trinajstić information content (AvgIpc) is 3.49. The Balaban J connectivity index is 1.20. The van der Waals surface area contributed by atoms with E-state index in [2.05, 4.69) is 41.9 Å². The number of dihydropyridines is 1. The molecule has 0 amide bonds. The highest BCUT2D eigenvalue weighted by molar-refractivity contribution is 6.00. The second-order valence-electron chi connectivity index (χ2n) is 22.9. The summed E-state index contributed by atoms with van der Waals surface area (Å²) in [6, 6.07) is 0. The molecule has 0 aromatic carbocycles. The van der Waals surface area contributed by atoms with Crippen molar-refractivity contribution in [3.63, 3.8) is 0 Å². The molecule has 11 N–H and O–H groups in total. The van der Waals surface area contributed by atoms with E-state index < -0.39 is 75.2 Å². The number of rotatable bonds is 10. The first-order valence-electron chi connectivity index (χ1n) is 25.0. The van der Waals surface area contributed by atoms with Crippen LogP contribution < -0.4 is 21.7 Å². The van der Waals surface area contributed by atoms with Crippen molar-refractivity contribution in [3.05, 3.63) is 47.3 Å². The zero-order valence-corrected chi connectivity index (χ0v) is 38.7. The summed E-state index contributed by atoms with van der Waals surface area (Å²) in [6.07, 6.45) is 18.5. The molecule has 0 aromatic rings. The fourth-order valence-electron chi connectivity index (χ4n) is 16.7. The summed E-state index contributed by atoms with van der Waals surface area (Å²) in [7, 11) is 1.93. The molecule has 19 atom stereocenters. The fraction of sp³-hybridized carbons (Fsp3) is 0.824. The van der Waals surface area contributed by atoms with E-state index in [0.29, 0.717) is 55.3 Å². The third kappa shape index (κ3) is 6.95. The van der Waals surface area contributed by atoms with Crippen LogP contribution in [0, 0.1) is 57.7 Å². The van der Waals surface area contributed by atoms with E-state index in [0.717, 1.165) is 44.1 Å². The van der Waals surface area contributed by atoms with E-state index in [1.54, 1.807) is 6.92 Å². The Labute approximate surface area is 375 Å². The Kier molecular flexibility index (Phi) is 12.1. The van der Waals surface area contributed by atoms with Crippen molar-refractivity contribution in [1.29, 1.82) is 0 Å². The number of carbonyl (C=O) groups excluding carboxylic acids is 1. The molecular weight excluding hydrogens is 797 g/mol. The maximum Gasteiger partial charge on any atom is 0.182 e. The second-order valence-corrected chi connectivity index (χ2v) is 22.9. The Morgan fingerprint density at radius 3 is 2.52 bits per heavy atom. The Bertz CT molecular complexity index is 1880. The third-order valence-electron chi connectivity index (χ3n) is 19.4. The molecule has 12 heteroatoms. The van der Waals surface area contributed by atoms with Crippen molar-refractivity contribution in [1.82, 2.24) is 16.0 Å². The number of aliphatic hydroxyl groups is 6. The van der Waals surface area contributed by atoms with E-state index in [-0.39, 0.29) is 55.7 Å². The highest BCUT2D eigenvalue weighted by Gasteiger charge is 2.78. The molecule has 1 spiro atoms. The zero-order chi connectivity index (χ0) is 44.9. The zero-order valence-electron chi connectivity index (χ0n) is 38.7. The van der Waals surface area contributed by atoms with Crippen molar-refractivity contribution in [2.24, 2.45) is 63.4 Å². The SMILES string of the molecule is CCCC1CCC2OC3C(CCCCC3(O)C(C)(O)C3CCC4(O)C5=C(NCC(C)O)C(=O)C6CC(O)C(O)CC67CC(C6=CNC(N)C=C6)C=CC(CNC)(CC34C)C57)C2CC1. The minimum absolute atomic E-state index is 0.0614. The van der Waals surface area contributed by atoms with Crippen LogP contribution in [0.5, 0.6) is 0 Å². The van der Waals surface area contributed by atoms with Crippen LogP contribution in [0.4, 0.5) is 0 Å². The minimum Gasteiger partial charge on any atom is -0.392 e. The molecule has 63 heavy (non-hydrogen) atoms. The van der Waals surface area contributed by atoms with Crippen LogP contribution in [0.15, 0.2) is 47.3 Å². The van der Waals surface area contributed by atoms with E-state index in [4.69, 9.17) is 10.5 Å². The molecule has 7 aliphatic carbocycles. The molecular formula is C51H80N4O8. The number of hydrogen-bond acceptors (Lipinski definition) is 12. The number of carbonyl (C=O) groups is 1. The molecule has 12 nitrogen and oxygen atoms in total. The van der Waals surface area contributed by atoms with Gasteiger partial charge >= 0.3 is 0 Å². The molecule has 0 aromatic heterocycles. The lowest BCUT2D eigenvalue weighted by molar-refractivity contribution is -0.257. The van der Waals surface area contributed by atoms with Gasteiger partial charge in [0.2, 0.25) is 0 Å². The molecule has 19 unspecified atom stereocenters. The van der Waals surface area contributed by atoms with Crippen LogP contribution in [-0.4, -0.2) is 110 Å². The Morgan fingerprint density at radius 2 is 1.81 bits per heavy atom. The van der Waals surface area contributed by atoms with Crippen molar-refractivity contribution in [2.75, 3.05) is 20.1 Å². The molecule has 0 bridgehead atoms. The van der Waals surface area contributed by atoms with Gasteiger partial charge < -0.3 is 57.1 Å². The van der Waals surface area contributed by atoms with Crippen molar-refractivity contribution in [3.8, 4) is 0 Å². The lowest BCUT2D eigenvalue weighted by atomic mass is 9.37. The average molecular weight is 877 g/mol. The van der Waals surface area contributed by atoms with E-state index >= 15 is 4.79 Å². The summed E-state index contributed by atoms with van der Waals surface area (Å²) in [5.41, 5.74) is 0.554. The van der Waals surface area contributed by atoms with Gasteiger partial charge in [-0.2, -0.15) is 0 Å². The summed E-state index contributed by atoms with van der Waals surface area (Å²) < 4.78 is 7.13. The van der Waals surface area contributed by atoms with E-state index in [9.17, 15) is 30.6 Å². The van der Waals surface area contributed by atoms with Gasteiger partial charge in [-0.3, -0.25) is 4.79 Å². The molecule has 2 heterocycles. The van der Waals surface area contributed by atoms with Gasteiger partial charge in [-0.1, -0.05) is 64.2 Å². The van der Waals surface area contributed by atoms with Gasteiger partial charge in [-0.25, -0.2) is 0 Å². The van der Waals surface area contributed by atoms with Gasteiger partial charge in [0.25, 0.3) is 0 Å². The summed E-state index contributed by atoms with van der Waals surface area (Å²) in [4.78, 5) is 15.5. The fourth-order valence-corrected chi connectivity index (χ4v) is 16.7. The maximum absolute atomic E-state index is 15.5. The number of hydrogen-bond donors (Lipinski definition) is 10. The monoisotopic (exact) mass is 877 g/mol. The van der Waals surface area contributed by atoms with E-state index in [1.165, 1.54) is 19.3 Å². The molecule has 9 aliphatic rings. The molecule has 1 saturated heterocycles. The first-order valence-corrected chi connectivity index (χ1v) is 25.0. The Morgan fingerprint density at radius 1 is 1.03 bits per heavy atom. The second kappa shape index (κ2) is 16.6. The third-order valence-corrected chi connectivity index (χ3v) is 19.4. The summed E-state index contributed by atoms with van der Waals surface area (Å²) in [5, 5.41) is 85.3. The van der Waals surface area contributed by atoms with Crippen molar-refractivity contribution in [2.45, 2.75) is 184 Å². The molecule has 6 fully saturated rings. The van der Waals surface area contributed by atoms with Crippen molar-refractivity contribution >= 4 is 5.78 Å². The molecule has 352 valence electrons. The lowest BCUT2D eigenvalue weighted by Crippen LogP contribution is -2.72. The summed E-state index contributed by atoms with van der Waals surface area (Å²) >= 11 is 0. The topological polar surface area (TPSA) is 210 Å². The number of Topliss-reactive ketones (excluding diaryl/α,β-unsaturated/α-hetero) is 1. The van der Waals surface area contributed by atoms with Gasteiger partial charge in [0.1, 0.15) is 5.60 Å². The summed E-state index contributed by atoms with van der Waals surface area (Å²) in [6.45, 7) is 8.41. The number of nitrogens with one attached hydrogen (secondary N) is 3. The summed E-state index contributed by atoms with van der Waals surface area (Å²) in [5.74, 6) is -0.918. The standard InChI is InChI=1S/C51H80N4O8/c1-6-9-30-11-14-33-34-10-7-8-19-51(62,45(34)63-38(33)15-12-30)47(4,60)39-18-21-50(61)41-42(55-25-29(2)56)43(59)35-22-36(57)37(58)24-49(35)23-31(32-13-16-40(52)54-26-32)17-20-48(28-53-5,44(41)49)27-46(39,50)3/h13,16-17,20,26,29-31,33-40,44-45,53-58,60-62H,6-12,14-15,18-19,21-25,27-28,52H2,1-5H3. The minimum atomic E-state index is -1.68. The van der Waals surface area contributed by atoms with Crippen LogP contribution in [0.2, 0.25) is 0 Å². The molecule has 0 radical (unpaired) electrons. The largest absolute Gasteiger partial charge is 0.392 e. The molecule has 9 rings (SSSR count). The van der Waals surface area contributed by atoms with Crippen LogP contribution in [0.3, 0.4) is 0 Å². The quantitative estimate of drug-likeness (QED) is 0.140. The maximum atomic E-state index is 15.5. The van der Waals surface area contributed by atoms with Crippen LogP contribution >= 0.6 is 0 Å². The smallest absolute Gasteiger partial charge is 0.182 e. The van der Waals surface area contributed by atoms with Gasteiger partial charge in [0, 0.05) is 47.9 Å². The predicted molar refractivity (Wildman–Crippen MR) is 241 cm³/mol. The van der Waals surface area contributed by atoms with Crippen molar-refractivity contribution < 1.29 is 40.2 Å². The predicted octanol–water partition coefficient (Wildman–Crippen LogP) is 4.24. The van der Waals surface area contributed by atoms with Crippen LogP contribution in [0.1, 0.15) is 130 Å². The lowest BCUT2D eigenvalue weighted by Gasteiger charge is -2.68. The number of ether oxygens (including phenoxy) is 1. The number of aliphatic hydroxyl groups excluding tert-OH is 3. The number of nitrogens with two attached hydrogens (primary N) is 1. The highest BCUT2D eigenvalue weighted by Crippen LogP contribution is 2.76. The van der Waals surface area contributed by atoms with Gasteiger partial charge in [0.05, 0.1) is 53.6 Å².